The lowest BCUT2D eigenvalue weighted by Crippen LogP contribution is -2.56. The number of para-hydroxylation sites is 1. The molecular formula is C18H28N4O4S. The fraction of sp³-hybridized carbons (Fsp3) is 0.500. The van der Waals surface area contributed by atoms with Crippen LogP contribution < -0.4 is 26.2 Å². The average molecular weight is 397 g/mol. The van der Waals surface area contributed by atoms with Gasteiger partial charge in [0.15, 0.2) is 5.11 Å². The third-order valence-electron chi connectivity index (χ3n) is 3.68. The molecule has 0 aliphatic carbocycles. The zero-order valence-corrected chi connectivity index (χ0v) is 17.1. The SMILES string of the molecule is COC[C@@H](C)NC(=S)NNC(=O)[C@@H](NC(=O)c1ccccc1OC)C(C)C. The largest absolute Gasteiger partial charge is 0.496 e. The van der Waals surface area contributed by atoms with Crippen molar-refractivity contribution in [1.29, 1.82) is 0 Å². The molecule has 0 aliphatic rings. The molecule has 0 saturated carbocycles. The van der Waals surface area contributed by atoms with E-state index in [1.165, 1.54) is 7.11 Å². The van der Waals surface area contributed by atoms with Crippen LogP contribution in [0.5, 0.6) is 5.75 Å². The van der Waals surface area contributed by atoms with Crippen molar-refractivity contribution in [1.82, 2.24) is 21.5 Å². The third kappa shape index (κ3) is 7.40. The number of hydrazine groups is 1. The first kappa shape index (κ1) is 22.7. The standard InChI is InChI=1S/C18H28N4O4S/c1-11(2)15(17(24)21-22-18(27)19-12(3)10-25-4)20-16(23)13-8-6-7-9-14(13)26-5/h6-9,11-12,15H,10H2,1-5H3,(H,20,23)(H,21,24)(H2,19,22,27)/t12-,15+/m1/s1. The summed E-state index contributed by atoms with van der Waals surface area (Å²) in [7, 11) is 3.08. The van der Waals surface area contributed by atoms with Gasteiger partial charge in [0.25, 0.3) is 11.8 Å². The molecule has 0 spiro atoms. The van der Waals surface area contributed by atoms with Crippen molar-refractivity contribution in [3.8, 4) is 5.75 Å². The van der Waals surface area contributed by atoms with Crippen molar-refractivity contribution in [2.75, 3.05) is 20.8 Å². The van der Waals surface area contributed by atoms with Gasteiger partial charge in [-0.3, -0.25) is 20.4 Å². The molecule has 2 amide bonds. The second-order valence-corrected chi connectivity index (χ2v) is 6.75. The lowest BCUT2D eigenvalue weighted by atomic mass is 10.0. The number of methoxy groups -OCH3 is 2. The number of carbonyl (C=O) groups is 2. The number of hydrogen-bond donors (Lipinski definition) is 4. The molecule has 1 aromatic rings. The summed E-state index contributed by atoms with van der Waals surface area (Å²) in [6.07, 6.45) is 0. The first-order valence-electron chi connectivity index (χ1n) is 8.59. The number of benzene rings is 1. The maximum atomic E-state index is 12.6. The lowest BCUT2D eigenvalue weighted by molar-refractivity contribution is -0.124. The van der Waals surface area contributed by atoms with Crippen LogP contribution >= 0.6 is 12.2 Å². The highest BCUT2D eigenvalue weighted by molar-refractivity contribution is 7.80. The first-order valence-corrected chi connectivity index (χ1v) is 9.00. The molecule has 150 valence electrons. The van der Waals surface area contributed by atoms with Gasteiger partial charge in [0.1, 0.15) is 11.8 Å². The maximum Gasteiger partial charge on any atom is 0.261 e. The van der Waals surface area contributed by atoms with Gasteiger partial charge in [0.05, 0.1) is 19.3 Å². The molecule has 2 atom stereocenters. The van der Waals surface area contributed by atoms with E-state index < -0.39 is 17.9 Å². The monoisotopic (exact) mass is 396 g/mol. The topological polar surface area (TPSA) is 101 Å². The lowest BCUT2D eigenvalue weighted by Gasteiger charge is -2.23. The van der Waals surface area contributed by atoms with Crippen LogP contribution in [0.2, 0.25) is 0 Å². The Bertz CT molecular complexity index is 654. The van der Waals surface area contributed by atoms with Gasteiger partial charge < -0.3 is 20.1 Å². The van der Waals surface area contributed by atoms with Crippen molar-refractivity contribution in [3.63, 3.8) is 0 Å². The summed E-state index contributed by atoms with van der Waals surface area (Å²) in [4.78, 5) is 25.0. The molecule has 1 aromatic carbocycles. The molecule has 0 fully saturated rings. The molecule has 0 aliphatic heterocycles. The molecule has 0 saturated heterocycles. The Labute approximate surface area is 165 Å². The van der Waals surface area contributed by atoms with Gasteiger partial charge in [-0.25, -0.2) is 0 Å². The van der Waals surface area contributed by atoms with Crippen molar-refractivity contribution >= 4 is 29.1 Å². The van der Waals surface area contributed by atoms with Crippen molar-refractivity contribution in [2.24, 2.45) is 5.92 Å². The van der Waals surface area contributed by atoms with Crippen LogP contribution in [0.25, 0.3) is 0 Å². The number of hydrogen-bond acceptors (Lipinski definition) is 5. The number of ether oxygens (including phenoxy) is 2. The van der Waals surface area contributed by atoms with Crippen molar-refractivity contribution < 1.29 is 19.1 Å². The highest BCUT2D eigenvalue weighted by atomic mass is 32.1. The molecule has 0 heterocycles. The fourth-order valence-electron chi connectivity index (χ4n) is 2.33. The number of amides is 2. The minimum Gasteiger partial charge on any atom is -0.496 e. The van der Waals surface area contributed by atoms with Crippen LogP contribution in [-0.4, -0.2) is 49.8 Å². The minimum atomic E-state index is -0.755. The van der Waals surface area contributed by atoms with Gasteiger partial charge in [-0.2, -0.15) is 0 Å². The molecule has 8 nitrogen and oxygen atoms in total. The summed E-state index contributed by atoms with van der Waals surface area (Å²) < 4.78 is 10.2. The van der Waals surface area contributed by atoms with Gasteiger partial charge in [0.2, 0.25) is 0 Å². The number of rotatable bonds is 8. The van der Waals surface area contributed by atoms with Crippen LogP contribution in [-0.2, 0) is 9.53 Å². The van der Waals surface area contributed by atoms with Gasteiger partial charge in [-0.05, 0) is 37.2 Å². The average Bonchev–Trinajstić information content (AvgIpc) is 2.63. The maximum absolute atomic E-state index is 12.6. The molecule has 0 unspecified atom stereocenters. The van der Waals surface area contributed by atoms with Crippen molar-refractivity contribution in [2.45, 2.75) is 32.9 Å². The van der Waals surface area contributed by atoms with Gasteiger partial charge in [-0.15, -0.1) is 0 Å². The van der Waals surface area contributed by atoms with Gasteiger partial charge >= 0.3 is 0 Å². The first-order chi connectivity index (χ1) is 12.8. The van der Waals surface area contributed by atoms with E-state index in [1.54, 1.807) is 31.4 Å². The summed E-state index contributed by atoms with van der Waals surface area (Å²) in [5.41, 5.74) is 5.51. The predicted molar refractivity (Wildman–Crippen MR) is 107 cm³/mol. The number of thiocarbonyl (C=S) groups is 1. The number of carbonyl (C=O) groups excluding carboxylic acids is 2. The van der Waals surface area contributed by atoms with Crippen LogP contribution in [0.1, 0.15) is 31.1 Å². The predicted octanol–water partition coefficient (Wildman–Crippen LogP) is 0.980. The molecule has 9 heteroatoms. The summed E-state index contributed by atoms with van der Waals surface area (Å²) in [6.45, 7) is 6.04. The Morgan fingerprint density at radius 2 is 1.74 bits per heavy atom. The van der Waals surface area contributed by atoms with Crippen LogP contribution in [0.3, 0.4) is 0 Å². The Kier molecular flexibility index (Phi) is 9.52. The quantitative estimate of drug-likeness (QED) is 0.384. The molecule has 0 aromatic heterocycles. The Balaban J connectivity index is 2.68. The highest BCUT2D eigenvalue weighted by Crippen LogP contribution is 2.17. The van der Waals surface area contributed by atoms with E-state index in [1.807, 2.05) is 20.8 Å². The normalized spacial score (nSPS) is 12.7. The Hall–Kier alpha value is -2.39. The van der Waals surface area contributed by atoms with E-state index >= 15 is 0 Å². The van der Waals surface area contributed by atoms with Crippen molar-refractivity contribution in [3.05, 3.63) is 29.8 Å². The molecule has 0 bridgehead atoms. The van der Waals surface area contributed by atoms with E-state index in [0.29, 0.717) is 17.9 Å². The van der Waals surface area contributed by atoms with E-state index in [0.717, 1.165) is 0 Å². The Morgan fingerprint density at radius 3 is 2.33 bits per heavy atom. The zero-order valence-electron chi connectivity index (χ0n) is 16.3. The van der Waals surface area contributed by atoms with Crippen LogP contribution in [0.4, 0.5) is 0 Å². The van der Waals surface area contributed by atoms with Crippen LogP contribution in [0.15, 0.2) is 24.3 Å². The molecule has 27 heavy (non-hydrogen) atoms. The van der Waals surface area contributed by atoms with E-state index in [9.17, 15) is 9.59 Å². The highest BCUT2D eigenvalue weighted by Gasteiger charge is 2.26. The van der Waals surface area contributed by atoms with Crippen LogP contribution in [0, 0.1) is 5.92 Å². The molecule has 4 N–H and O–H groups in total. The molecule has 1 rings (SSSR count). The van der Waals surface area contributed by atoms with E-state index in [-0.39, 0.29) is 17.1 Å². The zero-order chi connectivity index (χ0) is 20.4. The Morgan fingerprint density at radius 1 is 1.07 bits per heavy atom. The second kappa shape index (κ2) is 11.3. The number of nitrogens with one attached hydrogen (secondary N) is 4. The smallest absolute Gasteiger partial charge is 0.261 e. The van der Waals surface area contributed by atoms with Gasteiger partial charge in [-0.1, -0.05) is 26.0 Å². The summed E-state index contributed by atoms with van der Waals surface area (Å²) in [5, 5.41) is 5.96. The summed E-state index contributed by atoms with van der Waals surface area (Å²) in [6, 6.07) is 6.05. The second-order valence-electron chi connectivity index (χ2n) is 6.34. The summed E-state index contributed by atoms with van der Waals surface area (Å²) in [5.74, 6) is -0.500. The van der Waals surface area contributed by atoms with Gasteiger partial charge in [0, 0.05) is 13.2 Å². The third-order valence-corrected chi connectivity index (χ3v) is 3.90. The molecule has 0 radical (unpaired) electrons. The summed E-state index contributed by atoms with van der Waals surface area (Å²) >= 11 is 5.12. The van der Waals surface area contributed by atoms with E-state index in [4.69, 9.17) is 21.7 Å². The van der Waals surface area contributed by atoms with E-state index in [2.05, 4.69) is 21.5 Å². The fourth-order valence-corrected chi connectivity index (χ4v) is 2.59. The minimum absolute atomic E-state index is 0.0157. The molecular weight excluding hydrogens is 368 g/mol.